The molecule has 0 saturated heterocycles. The summed E-state index contributed by atoms with van der Waals surface area (Å²) in [5.41, 5.74) is 3.90. The third-order valence-electron chi connectivity index (χ3n) is 4.56. The summed E-state index contributed by atoms with van der Waals surface area (Å²) < 4.78 is 19.8. The van der Waals surface area contributed by atoms with Gasteiger partial charge >= 0.3 is 0 Å². The van der Waals surface area contributed by atoms with E-state index >= 15 is 0 Å². The van der Waals surface area contributed by atoms with Crippen LogP contribution in [0.4, 0.5) is 0 Å². The van der Waals surface area contributed by atoms with E-state index in [1.54, 1.807) is 14.2 Å². The highest BCUT2D eigenvalue weighted by atomic mass is 127. The van der Waals surface area contributed by atoms with Gasteiger partial charge in [0.25, 0.3) is 0 Å². The van der Waals surface area contributed by atoms with E-state index in [0.29, 0.717) is 24.7 Å². The van der Waals surface area contributed by atoms with Crippen molar-refractivity contribution < 1.29 is 14.2 Å². The van der Waals surface area contributed by atoms with E-state index < -0.39 is 0 Å². The SMILES string of the molecule is COc1ccc(COc2ccc(Cn3cnc4cc(I)cnc43)cc2OC)cc1. The number of hydrogen-bond acceptors (Lipinski definition) is 5. The molecule has 0 N–H and O–H groups in total. The van der Waals surface area contributed by atoms with Gasteiger partial charge in [0.1, 0.15) is 17.9 Å². The number of benzene rings is 2. The number of hydrogen-bond donors (Lipinski definition) is 0. The minimum atomic E-state index is 0.453. The number of aromatic nitrogens is 3. The summed E-state index contributed by atoms with van der Waals surface area (Å²) in [6.45, 7) is 1.10. The first-order valence-corrected chi connectivity index (χ1v) is 10.1. The number of methoxy groups -OCH3 is 2. The van der Waals surface area contributed by atoms with E-state index in [0.717, 1.165) is 31.6 Å². The van der Waals surface area contributed by atoms with Crippen LogP contribution in [0.3, 0.4) is 0 Å². The van der Waals surface area contributed by atoms with Crippen LogP contribution in [0.1, 0.15) is 11.1 Å². The highest BCUT2D eigenvalue weighted by Gasteiger charge is 2.09. The molecular weight excluding hydrogens is 481 g/mol. The predicted octanol–water partition coefficient (Wildman–Crippen LogP) is 4.68. The Morgan fingerprint density at radius 3 is 2.45 bits per heavy atom. The summed E-state index contributed by atoms with van der Waals surface area (Å²) in [6, 6.07) is 15.8. The van der Waals surface area contributed by atoms with E-state index in [2.05, 4.69) is 32.6 Å². The number of ether oxygens (including phenoxy) is 3. The third kappa shape index (κ3) is 4.45. The molecule has 2 heterocycles. The molecule has 0 spiro atoms. The molecule has 0 unspecified atom stereocenters. The van der Waals surface area contributed by atoms with Crippen molar-refractivity contribution in [3.63, 3.8) is 0 Å². The Kier molecular flexibility index (Phi) is 5.84. The van der Waals surface area contributed by atoms with E-state index in [-0.39, 0.29) is 0 Å². The monoisotopic (exact) mass is 501 g/mol. The maximum absolute atomic E-state index is 5.96. The van der Waals surface area contributed by atoms with E-state index in [9.17, 15) is 0 Å². The summed E-state index contributed by atoms with van der Waals surface area (Å²) in [6.07, 6.45) is 3.66. The van der Waals surface area contributed by atoms with Crippen molar-refractivity contribution in [3.8, 4) is 17.2 Å². The summed E-state index contributed by atoms with van der Waals surface area (Å²) in [7, 11) is 3.30. The molecule has 0 aliphatic carbocycles. The van der Waals surface area contributed by atoms with Gasteiger partial charge in [-0.2, -0.15) is 0 Å². The van der Waals surface area contributed by atoms with Crippen molar-refractivity contribution in [1.29, 1.82) is 0 Å². The second-order valence-corrected chi connectivity index (χ2v) is 7.74. The van der Waals surface area contributed by atoms with Crippen molar-refractivity contribution in [2.75, 3.05) is 14.2 Å². The zero-order chi connectivity index (χ0) is 20.2. The quantitative estimate of drug-likeness (QED) is 0.345. The molecule has 148 valence electrons. The number of halogens is 1. The lowest BCUT2D eigenvalue weighted by Gasteiger charge is -2.13. The lowest BCUT2D eigenvalue weighted by molar-refractivity contribution is 0.284. The number of nitrogens with zero attached hydrogens (tertiary/aromatic N) is 3. The molecule has 0 aliphatic rings. The third-order valence-corrected chi connectivity index (χ3v) is 5.15. The number of imidazole rings is 1. The Labute approximate surface area is 182 Å². The highest BCUT2D eigenvalue weighted by Crippen LogP contribution is 2.29. The molecule has 0 fully saturated rings. The fourth-order valence-electron chi connectivity index (χ4n) is 3.05. The van der Waals surface area contributed by atoms with E-state index in [4.69, 9.17) is 14.2 Å². The Bertz CT molecular complexity index is 1130. The largest absolute Gasteiger partial charge is 0.497 e. The van der Waals surface area contributed by atoms with Crippen LogP contribution in [-0.4, -0.2) is 28.8 Å². The minimum Gasteiger partial charge on any atom is -0.497 e. The van der Waals surface area contributed by atoms with Gasteiger partial charge in [0.05, 0.1) is 27.1 Å². The summed E-state index contributed by atoms with van der Waals surface area (Å²) in [5.74, 6) is 2.23. The van der Waals surface area contributed by atoms with Crippen molar-refractivity contribution in [1.82, 2.24) is 14.5 Å². The fraction of sp³-hybridized carbons (Fsp3) is 0.182. The van der Waals surface area contributed by atoms with Gasteiger partial charge in [-0.3, -0.25) is 0 Å². The van der Waals surface area contributed by atoms with Gasteiger partial charge in [-0.25, -0.2) is 9.97 Å². The summed E-state index contributed by atoms with van der Waals surface area (Å²) >= 11 is 2.24. The number of fused-ring (bicyclic) bond motifs is 1. The van der Waals surface area contributed by atoms with Gasteiger partial charge in [0.15, 0.2) is 17.1 Å². The molecule has 2 aromatic carbocycles. The van der Waals surface area contributed by atoms with Gasteiger partial charge in [0.2, 0.25) is 0 Å². The molecule has 0 radical (unpaired) electrons. The average molecular weight is 501 g/mol. The highest BCUT2D eigenvalue weighted by molar-refractivity contribution is 14.1. The second kappa shape index (κ2) is 8.69. The number of pyridine rings is 1. The van der Waals surface area contributed by atoms with Crippen molar-refractivity contribution >= 4 is 33.8 Å². The molecule has 4 rings (SSSR count). The van der Waals surface area contributed by atoms with Crippen LogP contribution in [0.15, 0.2) is 61.1 Å². The maximum Gasteiger partial charge on any atom is 0.161 e. The van der Waals surface area contributed by atoms with Crippen LogP contribution in [-0.2, 0) is 13.2 Å². The Morgan fingerprint density at radius 1 is 0.897 bits per heavy atom. The first-order chi connectivity index (χ1) is 14.2. The molecule has 0 bridgehead atoms. The van der Waals surface area contributed by atoms with Gasteiger partial charge in [-0.15, -0.1) is 0 Å². The van der Waals surface area contributed by atoms with Crippen LogP contribution in [0, 0.1) is 3.57 Å². The molecule has 0 aliphatic heterocycles. The Balaban J connectivity index is 1.49. The molecule has 4 aromatic rings. The normalized spacial score (nSPS) is 10.9. The van der Waals surface area contributed by atoms with E-state index in [1.807, 2.05) is 65.6 Å². The standard InChI is InChI=1S/C22H20IN3O3/c1-27-18-6-3-15(4-7-18)13-29-20-8-5-16(9-21(20)28-2)12-26-14-25-19-10-17(23)11-24-22(19)26/h3-11,14H,12-13H2,1-2H3. The number of rotatable bonds is 7. The molecular formula is C22H20IN3O3. The van der Waals surface area contributed by atoms with Crippen molar-refractivity contribution in [3.05, 3.63) is 75.8 Å². The first-order valence-electron chi connectivity index (χ1n) is 9.05. The van der Waals surface area contributed by atoms with Gasteiger partial charge < -0.3 is 18.8 Å². The zero-order valence-corrected chi connectivity index (χ0v) is 18.3. The summed E-state index contributed by atoms with van der Waals surface area (Å²) in [4.78, 5) is 8.94. The molecule has 29 heavy (non-hydrogen) atoms. The Morgan fingerprint density at radius 2 is 1.69 bits per heavy atom. The lowest BCUT2D eigenvalue weighted by Crippen LogP contribution is -2.02. The van der Waals surface area contributed by atoms with Crippen molar-refractivity contribution in [2.45, 2.75) is 13.2 Å². The molecule has 2 aromatic heterocycles. The predicted molar refractivity (Wildman–Crippen MR) is 120 cm³/mol. The average Bonchev–Trinajstić information content (AvgIpc) is 3.14. The second-order valence-electron chi connectivity index (χ2n) is 6.49. The summed E-state index contributed by atoms with van der Waals surface area (Å²) in [5, 5.41) is 0. The van der Waals surface area contributed by atoms with Gasteiger partial charge in [-0.05, 0) is 64.0 Å². The van der Waals surface area contributed by atoms with Crippen LogP contribution in [0.5, 0.6) is 17.2 Å². The topological polar surface area (TPSA) is 58.4 Å². The molecule has 0 atom stereocenters. The lowest BCUT2D eigenvalue weighted by atomic mass is 10.2. The van der Waals surface area contributed by atoms with Crippen LogP contribution in [0.2, 0.25) is 0 Å². The van der Waals surface area contributed by atoms with E-state index in [1.165, 1.54) is 0 Å². The van der Waals surface area contributed by atoms with Crippen LogP contribution in [0.25, 0.3) is 11.2 Å². The Hall–Kier alpha value is -2.81. The maximum atomic E-state index is 5.96. The fourth-order valence-corrected chi connectivity index (χ4v) is 3.48. The zero-order valence-electron chi connectivity index (χ0n) is 16.1. The molecule has 0 saturated carbocycles. The first kappa shape index (κ1) is 19.5. The molecule has 0 amide bonds. The van der Waals surface area contributed by atoms with Crippen LogP contribution >= 0.6 is 22.6 Å². The molecule has 7 heteroatoms. The smallest absolute Gasteiger partial charge is 0.161 e. The molecule has 6 nitrogen and oxygen atoms in total. The van der Waals surface area contributed by atoms with Gasteiger partial charge in [0, 0.05) is 9.77 Å². The minimum absolute atomic E-state index is 0.453. The van der Waals surface area contributed by atoms with Gasteiger partial charge in [-0.1, -0.05) is 18.2 Å². The van der Waals surface area contributed by atoms with Crippen LogP contribution < -0.4 is 14.2 Å². The van der Waals surface area contributed by atoms with Crippen molar-refractivity contribution in [2.24, 2.45) is 0 Å².